The van der Waals surface area contributed by atoms with Crippen molar-refractivity contribution >= 4 is 29.8 Å². The second-order valence-corrected chi connectivity index (χ2v) is 6.84. The number of hydrogen-bond acceptors (Lipinski definition) is 11. The van der Waals surface area contributed by atoms with E-state index in [1.165, 1.54) is 12.1 Å². The summed E-state index contributed by atoms with van der Waals surface area (Å²) in [7, 11) is 0. The third kappa shape index (κ3) is 7.05. The van der Waals surface area contributed by atoms with E-state index in [9.17, 15) is 24.0 Å². The lowest BCUT2D eigenvalue weighted by Crippen LogP contribution is -2.63. The summed E-state index contributed by atoms with van der Waals surface area (Å²) in [5, 5.41) is 0. The van der Waals surface area contributed by atoms with Gasteiger partial charge in [0.25, 0.3) is 0 Å². The minimum atomic E-state index is -1.53. The zero-order chi connectivity index (χ0) is 23.8. The lowest BCUT2D eigenvalue weighted by molar-refractivity contribution is -0.297. The van der Waals surface area contributed by atoms with E-state index in [2.05, 4.69) is 0 Å². The predicted molar refractivity (Wildman–Crippen MR) is 104 cm³/mol. The average Bonchev–Trinajstić information content (AvgIpc) is 2.70. The first-order chi connectivity index (χ1) is 15.1. The Labute approximate surface area is 183 Å². The standard InChI is InChI=1S/C21H24O11/c1-11(22)27-10-16-17(28-12(2)23)18(32-20(26)15-8-6-5-7-9-15)19(29-13(3)24)21(31-16)30-14(4)25/h5-9,16-19,21H,10H2,1-4H3/t16-,17+,18-,19+,21?/m0/s1. The molecule has 5 atom stereocenters. The number of esters is 5. The molecule has 0 aliphatic carbocycles. The minimum Gasteiger partial charge on any atom is -0.463 e. The fraction of sp³-hybridized carbons (Fsp3) is 0.476. The lowest BCUT2D eigenvalue weighted by atomic mass is 9.98. The van der Waals surface area contributed by atoms with Gasteiger partial charge in [-0.2, -0.15) is 0 Å². The number of rotatable bonds is 7. The van der Waals surface area contributed by atoms with Gasteiger partial charge < -0.3 is 28.4 Å². The predicted octanol–water partition coefficient (Wildman–Crippen LogP) is 0.926. The Morgan fingerprint density at radius 1 is 0.719 bits per heavy atom. The zero-order valence-electron chi connectivity index (χ0n) is 18.0. The van der Waals surface area contributed by atoms with Gasteiger partial charge in [0.2, 0.25) is 12.4 Å². The molecule has 1 saturated heterocycles. The summed E-state index contributed by atoms with van der Waals surface area (Å²) in [5.41, 5.74) is 0.169. The molecule has 0 aromatic heterocycles. The first-order valence-corrected chi connectivity index (χ1v) is 9.65. The Balaban J connectivity index is 2.46. The molecule has 1 aromatic carbocycles. The van der Waals surface area contributed by atoms with Crippen molar-refractivity contribution in [3.8, 4) is 0 Å². The lowest BCUT2D eigenvalue weighted by Gasteiger charge is -2.43. The van der Waals surface area contributed by atoms with Gasteiger partial charge in [0, 0.05) is 27.7 Å². The van der Waals surface area contributed by atoms with Crippen molar-refractivity contribution in [2.45, 2.75) is 58.4 Å². The maximum Gasteiger partial charge on any atom is 0.338 e. The van der Waals surface area contributed by atoms with Crippen LogP contribution in [-0.2, 0) is 47.6 Å². The number of ether oxygens (including phenoxy) is 6. The largest absolute Gasteiger partial charge is 0.463 e. The number of hydrogen-bond donors (Lipinski definition) is 0. The summed E-state index contributed by atoms with van der Waals surface area (Å²) < 4.78 is 31.7. The van der Waals surface area contributed by atoms with Crippen LogP contribution >= 0.6 is 0 Å². The summed E-state index contributed by atoms with van der Waals surface area (Å²) in [5.74, 6) is -3.81. The highest BCUT2D eigenvalue weighted by molar-refractivity contribution is 5.89. The summed E-state index contributed by atoms with van der Waals surface area (Å²) in [4.78, 5) is 59.1. The van der Waals surface area contributed by atoms with Crippen LogP contribution < -0.4 is 0 Å². The van der Waals surface area contributed by atoms with E-state index in [1.807, 2.05) is 0 Å². The summed E-state index contributed by atoms with van der Waals surface area (Å²) in [6.45, 7) is 4.03. The van der Waals surface area contributed by atoms with E-state index in [0.717, 1.165) is 27.7 Å². The van der Waals surface area contributed by atoms with E-state index in [1.54, 1.807) is 18.2 Å². The van der Waals surface area contributed by atoms with Gasteiger partial charge in [0.1, 0.15) is 12.7 Å². The van der Waals surface area contributed by atoms with Gasteiger partial charge in [0.15, 0.2) is 12.2 Å². The van der Waals surface area contributed by atoms with Crippen LogP contribution in [0, 0.1) is 0 Å². The molecule has 0 radical (unpaired) electrons. The van der Waals surface area contributed by atoms with Gasteiger partial charge in [-0.25, -0.2) is 4.79 Å². The van der Waals surface area contributed by atoms with Crippen LogP contribution in [0.15, 0.2) is 30.3 Å². The van der Waals surface area contributed by atoms with E-state index < -0.39 is 67.2 Å². The van der Waals surface area contributed by atoms with Gasteiger partial charge in [-0.1, -0.05) is 18.2 Å². The van der Waals surface area contributed by atoms with Crippen molar-refractivity contribution in [1.82, 2.24) is 0 Å². The Bertz CT molecular complexity index is 851. The molecule has 0 spiro atoms. The van der Waals surface area contributed by atoms with Crippen molar-refractivity contribution in [3.63, 3.8) is 0 Å². The fourth-order valence-electron chi connectivity index (χ4n) is 3.02. The van der Waals surface area contributed by atoms with Crippen LogP contribution in [-0.4, -0.2) is 67.2 Å². The van der Waals surface area contributed by atoms with Crippen molar-refractivity contribution in [1.29, 1.82) is 0 Å². The topological polar surface area (TPSA) is 141 Å². The number of carbonyl (C=O) groups excluding carboxylic acids is 5. The maximum absolute atomic E-state index is 12.7. The van der Waals surface area contributed by atoms with Crippen molar-refractivity contribution in [2.75, 3.05) is 6.61 Å². The van der Waals surface area contributed by atoms with Crippen LogP contribution in [0.1, 0.15) is 38.1 Å². The van der Waals surface area contributed by atoms with Crippen LogP contribution in [0.3, 0.4) is 0 Å². The molecule has 0 saturated carbocycles. The molecular weight excluding hydrogens is 428 g/mol. The van der Waals surface area contributed by atoms with Gasteiger partial charge in [0.05, 0.1) is 5.56 Å². The Morgan fingerprint density at radius 3 is 1.81 bits per heavy atom. The first-order valence-electron chi connectivity index (χ1n) is 9.65. The molecule has 11 heteroatoms. The third-order valence-corrected chi connectivity index (χ3v) is 4.18. The summed E-state index contributed by atoms with van der Waals surface area (Å²) >= 11 is 0. The molecule has 32 heavy (non-hydrogen) atoms. The molecule has 1 aromatic rings. The van der Waals surface area contributed by atoms with E-state index in [4.69, 9.17) is 28.4 Å². The van der Waals surface area contributed by atoms with Crippen molar-refractivity contribution in [3.05, 3.63) is 35.9 Å². The second kappa shape index (κ2) is 11.2. The van der Waals surface area contributed by atoms with Gasteiger partial charge in [-0.15, -0.1) is 0 Å². The molecule has 1 aliphatic heterocycles. The number of carbonyl (C=O) groups is 5. The molecule has 0 bridgehead atoms. The van der Waals surface area contributed by atoms with Gasteiger partial charge in [-0.3, -0.25) is 19.2 Å². The van der Waals surface area contributed by atoms with Crippen molar-refractivity contribution < 1.29 is 52.4 Å². The molecule has 11 nitrogen and oxygen atoms in total. The fourth-order valence-corrected chi connectivity index (χ4v) is 3.02. The summed E-state index contributed by atoms with van der Waals surface area (Å²) in [6.07, 6.45) is -7.00. The van der Waals surface area contributed by atoms with Crippen LogP contribution in [0.2, 0.25) is 0 Å². The van der Waals surface area contributed by atoms with Gasteiger partial charge in [-0.05, 0) is 12.1 Å². The molecule has 1 heterocycles. The van der Waals surface area contributed by atoms with Crippen LogP contribution in [0.25, 0.3) is 0 Å². The normalized spacial score (nSPS) is 24.6. The Hall–Kier alpha value is -3.47. The van der Waals surface area contributed by atoms with Crippen molar-refractivity contribution in [2.24, 2.45) is 0 Å². The first kappa shape index (κ1) is 24.8. The Morgan fingerprint density at radius 2 is 1.28 bits per heavy atom. The van der Waals surface area contributed by atoms with Crippen LogP contribution in [0.4, 0.5) is 0 Å². The monoisotopic (exact) mass is 452 g/mol. The second-order valence-electron chi connectivity index (χ2n) is 6.84. The molecule has 0 N–H and O–H groups in total. The highest BCUT2D eigenvalue weighted by atomic mass is 16.7. The number of benzene rings is 1. The molecule has 1 unspecified atom stereocenters. The zero-order valence-corrected chi connectivity index (χ0v) is 18.0. The van der Waals surface area contributed by atoms with E-state index in [0.29, 0.717) is 0 Å². The quantitative estimate of drug-likeness (QED) is 0.431. The average molecular weight is 452 g/mol. The van der Waals surface area contributed by atoms with E-state index >= 15 is 0 Å². The molecule has 1 fully saturated rings. The van der Waals surface area contributed by atoms with Gasteiger partial charge >= 0.3 is 29.8 Å². The highest BCUT2D eigenvalue weighted by Gasteiger charge is 2.53. The Kier molecular flexibility index (Phi) is 8.71. The third-order valence-electron chi connectivity index (χ3n) is 4.18. The molecule has 0 amide bonds. The summed E-state index contributed by atoms with van der Waals surface area (Å²) in [6, 6.07) is 7.89. The highest BCUT2D eigenvalue weighted by Crippen LogP contribution is 2.30. The smallest absolute Gasteiger partial charge is 0.338 e. The minimum absolute atomic E-state index is 0.169. The molecule has 1 aliphatic rings. The van der Waals surface area contributed by atoms with E-state index in [-0.39, 0.29) is 5.56 Å². The van der Waals surface area contributed by atoms with Crippen LogP contribution in [0.5, 0.6) is 0 Å². The maximum atomic E-state index is 12.7. The molecule has 174 valence electrons. The molecule has 2 rings (SSSR count). The molecular formula is C21H24O11. The SMILES string of the molecule is CC(=O)OC[C@@H]1OC(OC(C)=O)[C@H](OC(C)=O)[C@@H](OC(=O)c2ccccc2)[C@@H]1OC(C)=O.